The van der Waals surface area contributed by atoms with Gasteiger partial charge in [-0.2, -0.15) is 13.2 Å². The van der Waals surface area contributed by atoms with Crippen LogP contribution in [0.5, 0.6) is 5.75 Å². The number of nitrogens with zero attached hydrogens (tertiary/aromatic N) is 1. The molecule has 0 bridgehead atoms. The number of halogens is 3. The first-order chi connectivity index (χ1) is 7.30. The third-order valence-corrected chi connectivity index (χ3v) is 1.73. The molecule has 0 aromatic carbocycles. The van der Waals surface area contributed by atoms with Gasteiger partial charge in [0.1, 0.15) is 5.75 Å². The molecular weight excluding hydrogens is 223 g/mol. The van der Waals surface area contributed by atoms with Crippen LogP contribution in [0.2, 0.25) is 0 Å². The normalized spacial score (nSPS) is 13.9. The molecule has 1 aromatic rings. The molecule has 0 saturated carbocycles. The Kier molecular flexibility index (Phi) is 3.74. The van der Waals surface area contributed by atoms with Crippen LogP contribution in [-0.4, -0.2) is 22.4 Å². The van der Waals surface area contributed by atoms with Crippen LogP contribution in [0, 0.1) is 0 Å². The fourth-order valence-corrected chi connectivity index (χ4v) is 1.11. The van der Waals surface area contributed by atoms with Crippen LogP contribution < -0.4 is 4.74 Å². The standard InChI is InChI=1S/C10H12F3NO2/c1-6(2)16-8-3-7(4-14-5-8)9(15)10(11,12)13/h3-6,9,15H,1-2H3. The summed E-state index contributed by atoms with van der Waals surface area (Å²) in [5.74, 6) is 0.204. The van der Waals surface area contributed by atoms with E-state index in [2.05, 4.69) is 4.98 Å². The van der Waals surface area contributed by atoms with Gasteiger partial charge in [0.15, 0.2) is 6.10 Å². The molecule has 3 nitrogen and oxygen atoms in total. The van der Waals surface area contributed by atoms with E-state index < -0.39 is 12.3 Å². The third kappa shape index (κ3) is 3.37. The van der Waals surface area contributed by atoms with Crippen molar-refractivity contribution in [3.63, 3.8) is 0 Å². The summed E-state index contributed by atoms with van der Waals surface area (Å²) >= 11 is 0. The van der Waals surface area contributed by atoms with Crippen LogP contribution in [0.25, 0.3) is 0 Å². The van der Waals surface area contributed by atoms with Crippen LogP contribution in [0.4, 0.5) is 13.2 Å². The molecule has 1 unspecified atom stereocenters. The fraction of sp³-hybridized carbons (Fsp3) is 0.500. The lowest BCUT2D eigenvalue weighted by Crippen LogP contribution is -2.20. The van der Waals surface area contributed by atoms with Gasteiger partial charge in [0, 0.05) is 11.8 Å². The molecule has 6 heteroatoms. The molecule has 0 fully saturated rings. The molecule has 0 aliphatic carbocycles. The van der Waals surface area contributed by atoms with E-state index in [1.807, 2.05) is 0 Å². The molecule has 0 saturated heterocycles. The number of aliphatic hydroxyl groups is 1. The van der Waals surface area contributed by atoms with E-state index in [-0.39, 0.29) is 17.4 Å². The average Bonchev–Trinajstić information content (AvgIpc) is 2.14. The van der Waals surface area contributed by atoms with Gasteiger partial charge in [0.2, 0.25) is 0 Å². The van der Waals surface area contributed by atoms with Gasteiger partial charge in [-0.05, 0) is 19.9 Å². The molecule has 16 heavy (non-hydrogen) atoms. The first-order valence-electron chi connectivity index (χ1n) is 4.67. The number of hydrogen-bond acceptors (Lipinski definition) is 3. The minimum Gasteiger partial charge on any atom is -0.489 e. The second-order valence-corrected chi connectivity index (χ2v) is 3.56. The highest BCUT2D eigenvalue weighted by Crippen LogP contribution is 2.33. The van der Waals surface area contributed by atoms with Gasteiger partial charge >= 0.3 is 6.18 Å². The molecule has 1 rings (SSSR count). The highest BCUT2D eigenvalue weighted by Gasteiger charge is 2.39. The van der Waals surface area contributed by atoms with Gasteiger partial charge in [-0.25, -0.2) is 0 Å². The Balaban J connectivity index is 2.90. The zero-order chi connectivity index (χ0) is 12.3. The Hall–Kier alpha value is -1.30. The molecule has 0 aliphatic heterocycles. The number of ether oxygens (including phenoxy) is 1. The molecular formula is C10H12F3NO2. The van der Waals surface area contributed by atoms with E-state index in [1.165, 1.54) is 6.20 Å². The van der Waals surface area contributed by atoms with Crippen molar-refractivity contribution in [1.29, 1.82) is 0 Å². The second kappa shape index (κ2) is 4.69. The van der Waals surface area contributed by atoms with E-state index in [4.69, 9.17) is 9.84 Å². The molecule has 0 spiro atoms. The summed E-state index contributed by atoms with van der Waals surface area (Å²) in [7, 11) is 0. The number of pyridine rings is 1. The topological polar surface area (TPSA) is 42.4 Å². The lowest BCUT2D eigenvalue weighted by Gasteiger charge is -2.16. The average molecular weight is 235 g/mol. The minimum absolute atomic E-state index is 0.167. The van der Waals surface area contributed by atoms with E-state index in [9.17, 15) is 13.2 Å². The maximum absolute atomic E-state index is 12.2. The summed E-state index contributed by atoms with van der Waals surface area (Å²) in [5.41, 5.74) is -0.328. The van der Waals surface area contributed by atoms with Gasteiger partial charge < -0.3 is 9.84 Å². The highest BCUT2D eigenvalue weighted by molar-refractivity contribution is 5.26. The van der Waals surface area contributed by atoms with Crippen molar-refractivity contribution in [1.82, 2.24) is 4.98 Å². The lowest BCUT2D eigenvalue weighted by molar-refractivity contribution is -0.206. The Bertz CT molecular complexity index is 352. The Morgan fingerprint density at radius 3 is 2.44 bits per heavy atom. The van der Waals surface area contributed by atoms with Crippen molar-refractivity contribution in [3.8, 4) is 5.75 Å². The van der Waals surface area contributed by atoms with E-state index in [1.54, 1.807) is 13.8 Å². The van der Waals surface area contributed by atoms with Gasteiger partial charge in [-0.3, -0.25) is 4.98 Å². The monoisotopic (exact) mass is 235 g/mol. The van der Waals surface area contributed by atoms with Crippen LogP contribution in [0.3, 0.4) is 0 Å². The maximum atomic E-state index is 12.2. The van der Waals surface area contributed by atoms with Crippen molar-refractivity contribution in [3.05, 3.63) is 24.0 Å². The van der Waals surface area contributed by atoms with Gasteiger partial charge in [-0.15, -0.1) is 0 Å². The summed E-state index contributed by atoms with van der Waals surface area (Å²) < 4.78 is 41.8. The lowest BCUT2D eigenvalue weighted by atomic mass is 10.1. The van der Waals surface area contributed by atoms with Gasteiger partial charge in [0.05, 0.1) is 12.3 Å². The van der Waals surface area contributed by atoms with Crippen molar-refractivity contribution >= 4 is 0 Å². The number of rotatable bonds is 3. The second-order valence-electron chi connectivity index (χ2n) is 3.56. The number of aliphatic hydroxyl groups excluding tert-OH is 1. The zero-order valence-corrected chi connectivity index (χ0v) is 8.82. The summed E-state index contributed by atoms with van der Waals surface area (Å²) in [5, 5.41) is 9.00. The summed E-state index contributed by atoms with van der Waals surface area (Å²) in [4.78, 5) is 3.59. The summed E-state index contributed by atoms with van der Waals surface area (Å²) in [6.45, 7) is 3.49. The SMILES string of the molecule is CC(C)Oc1cncc(C(O)C(F)(F)F)c1. The van der Waals surface area contributed by atoms with Crippen molar-refractivity contribution in [2.24, 2.45) is 0 Å². The smallest absolute Gasteiger partial charge is 0.418 e. The summed E-state index contributed by atoms with van der Waals surface area (Å²) in [6, 6.07) is 1.13. The van der Waals surface area contributed by atoms with E-state index >= 15 is 0 Å². The van der Waals surface area contributed by atoms with Crippen molar-refractivity contribution < 1.29 is 23.0 Å². The minimum atomic E-state index is -4.70. The van der Waals surface area contributed by atoms with Crippen molar-refractivity contribution in [2.45, 2.75) is 32.2 Å². The summed E-state index contributed by atoms with van der Waals surface area (Å²) in [6.07, 6.45) is -5.13. The predicted octanol–water partition coefficient (Wildman–Crippen LogP) is 2.46. The third-order valence-electron chi connectivity index (χ3n) is 1.73. The Labute approximate surface area is 90.9 Å². The fourth-order valence-electron chi connectivity index (χ4n) is 1.11. The number of alkyl halides is 3. The van der Waals surface area contributed by atoms with Crippen LogP contribution in [-0.2, 0) is 0 Å². The van der Waals surface area contributed by atoms with Gasteiger partial charge in [-0.1, -0.05) is 0 Å². The Morgan fingerprint density at radius 2 is 1.94 bits per heavy atom. The molecule has 1 heterocycles. The Morgan fingerprint density at radius 1 is 1.31 bits per heavy atom. The largest absolute Gasteiger partial charge is 0.489 e. The van der Waals surface area contributed by atoms with Crippen LogP contribution in [0.15, 0.2) is 18.5 Å². The van der Waals surface area contributed by atoms with Crippen LogP contribution in [0.1, 0.15) is 25.5 Å². The molecule has 1 atom stereocenters. The first-order valence-corrected chi connectivity index (χ1v) is 4.67. The quantitative estimate of drug-likeness (QED) is 0.875. The van der Waals surface area contributed by atoms with E-state index in [0.717, 1.165) is 12.3 Å². The number of aromatic nitrogens is 1. The zero-order valence-electron chi connectivity index (χ0n) is 8.82. The molecule has 0 radical (unpaired) electrons. The molecule has 90 valence electrons. The molecule has 1 N–H and O–H groups in total. The maximum Gasteiger partial charge on any atom is 0.418 e. The van der Waals surface area contributed by atoms with Gasteiger partial charge in [0.25, 0.3) is 0 Å². The van der Waals surface area contributed by atoms with E-state index in [0.29, 0.717) is 0 Å². The van der Waals surface area contributed by atoms with Crippen molar-refractivity contribution in [2.75, 3.05) is 0 Å². The molecule has 0 aliphatic rings. The molecule has 0 amide bonds. The predicted molar refractivity (Wildman–Crippen MR) is 51.0 cm³/mol. The highest BCUT2D eigenvalue weighted by atomic mass is 19.4. The van der Waals surface area contributed by atoms with Crippen LogP contribution >= 0.6 is 0 Å². The number of hydrogen-bond donors (Lipinski definition) is 1. The molecule has 1 aromatic heterocycles. The first kappa shape index (κ1) is 12.8.